The van der Waals surface area contributed by atoms with Gasteiger partial charge in [-0.25, -0.2) is 4.98 Å². The van der Waals surface area contributed by atoms with Crippen LogP contribution in [0.5, 0.6) is 0 Å². The van der Waals surface area contributed by atoms with Crippen LogP contribution in [0.25, 0.3) is 16.9 Å². The van der Waals surface area contributed by atoms with E-state index in [0.29, 0.717) is 29.9 Å². The first-order chi connectivity index (χ1) is 12.7. The molecule has 0 radical (unpaired) electrons. The first-order valence-electron chi connectivity index (χ1n) is 8.70. The van der Waals surface area contributed by atoms with Crippen LogP contribution in [-0.2, 0) is 4.79 Å². The first-order valence-corrected chi connectivity index (χ1v) is 9.08. The number of aromatic nitrogens is 4. The van der Waals surface area contributed by atoms with Crippen molar-refractivity contribution in [1.82, 2.24) is 24.4 Å². The summed E-state index contributed by atoms with van der Waals surface area (Å²) in [6, 6.07) is 9.85. The molecule has 3 aromatic rings. The molecule has 1 saturated heterocycles. The van der Waals surface area contributed by atoms with E-state index in [0.717, 1.165) is 31.6 Å². The number of benzene rings is 1. The number of likely N-dealkylation sites (tertiary alicyclic amines) is 1. The zero-order chi connectivity index (χ0) is 17.9. The number of rotatable bonds is 6. The van der Waals surface area contributed by atoms with E-state index < -0.39 is 0 Å². The molecule has 2 aromatic heterocycles. The van der Waals surface area contributed by atoms with Crippen molar-refractivity contribution in [1.29, 1.82) is 0 Å². The Morgan fingerprint density at radius 1 is 1.19 bits per heavy atom. The predicted molar refractivity (Wildman–Crippen MR) is 101 cm³/mol. The minimum Gasteiger partial charge on any atom is -0.368 e. The van der Waals surface area contributed by atoms with E-state index in [4.69, 9.17) is 11.6 Å². The predicted octanol–water partition coefficient (Wildman–Crippen LogP) is 2.89. The Labute approximate surface area is 156 Å². The molecule has 0 spiro atoms. The highest BCUT2D eigenvalue weighted by atomic mass is 35.5. The third kappa shape index (κ3) is 3.35. The van der Waals surface area contributed by atoms with Gasteiger partial charge in [0.05, 0.1) is 0 Å². The highest BCUT2D eigenvalue weighted by molar-refractivity contribution is 6.28. The SMILES string of the molecule is O=C1CCCN1CCCNc1nc(Cl)nc2c1ncn2-c1ccccc1. The van der Waals surface area contributed by atoms with Crippen LogP contribution in [0.3, 0.4) is 0 Å². The van der Waals surface area contributed by atoms with Crippen LogP contribution in [0.1, 0.15) is 19.3 Å². The molecule has 0 bridgehead atoms. The quantitative estimate of drug-likeness (QED) is 0.533. The zero-order valence-electron chi connectivity index (χ0n) is 14.2. The fraction of sp³-hybridized carbons (Fsp3) is 0.333. The van der Waals surface area contributed by atoms with Crippen molar-refractivity contribution < 1.29 is 4.79 Å². The van der Waals surface area contributed by atoms with Gasteiger partial charge in [0.25, 0.3) is 0 Å². The molecule has 26 heavy (non-hydrogen) atoms. The summed E-state index contributed by atoms with van der Waals surface area (Å²) in [5, 5.41) is 3.46. The van der Waals surface area contributed by atoms with Crippen LogP contribution in [-0.4, -0.2) is 50.0 Å². The normalized spacial score (nSPS) is 14.3. The van der Waals surface area contributed by atoms with Crippen molar-refractivity contribution in [2.24, 2.45) is 0 Å². The number of amides is 1. The highest BCUT2D eigenvalue weighted by Crippen LogP contribution is 2.23. The molecule has 0 saturated carbocycles. The molecule has 4 rings (SSSR count). The molecule has 1 amide bonds. The Balaban J connectivity index is 1.50. The van der Waals surface area contributed by atoms with E-state index in [1.165, 1.54) is 0 Å². The lowest BCUT2D eigenvalue weighted by molar-refractivity contribution is -0.127. The van der Waals surface area contributed by atoms with Crippen molar-refractivity contribution in [3.05, 3.63) is 41.9 Å². The molecule has 1 aromatic carbocycles. The van der Waals surface area contributed by atoms with Gasteiger partial charge in [0.15, 0.2) is 17.0 Å². The maximum atomic E-state index is 11.7. The summed E-state index contributed by atoms with van der Waals surface area (Å²) in [6.45, 7) is 2.31. The van der Waals surface area contributed by atoms with Gasteiger partial charge < -0.3 is 10.2 Å². The van der Waals surface area contributed by atoms with Crippen molar-refractivity contribution in [3.63, 3.8) is 0 Å². The van der Waals surface area contributed by atoms with Crippen LogP contribution in [0.15, 0.2) is 36.7 Å². The average molecular weight is 371 g/mol. The Kier molecular flexibility index (Phi) is 4.71. The minimum absolute atomic E-state index is 0.174. The van der Waals surface area contributed by atoms with Crippen LogP contribution >= 0.6 is 11.6 Å². The molecule has 1 fully saturated rings. The molecule has 1 aliphatic rings. The van der Waals surface area contributed by atoms with Gasteiger partial charge in [-0.2, -0.15) is 9.97 Å². The second-order valence-electron chi connectivity index (χ2n) is 6.23. The largest absolute Gasteiger partial charge is 0.368 e. The second-order valence-corrected chi connectivity index (χ2v) is 6.57. The number of para-hydroxylation sites is 1. The molecule has 1 aliphatic heterocycles. The summed E-state index contributed by atoms with van der Waals surface area (Å²) >= 11 is 6.12. The fourth-order valence-electron chi connectivity index (χ4n) is 3.19. The molecular formula is C18H19ClN6O. The number of carbonyl (C=O) groups excluding carboxylic acids is 1. The average Bonchev–Trinajstić information content (AvgIpc) is 3.25. The van der Waals surface area contributed by atoms with Crippen LogP contribution in [0, 0.1) is 0 Å². The third-order valence-corrected chi connectivity index (χ3v) is 4.64. The number of hydrogen-bond donors (Lipinski definition) is 1. The monoisotopic (exact) mass is 370 g/mol. The summed E-state index contributed by atoms with van der Waals surface area (Å²) in [7, 11) is 0. The summed E-state index contributed by atoms with van der Waals surface area (Å²) in [5.74, 6) is 0.863. The van der Waals surface area contributed by atoms with Gasteiger partial charge in [-0.05, 0) is 36.6 Å². The molecule has 134 valence electrons. The van der Waals surface area contributed by atoms with E-state index in [2.05, 4.69) is 20.3 Å². The number of nitrogens with zero attached hydrogens (tertiary/aromatic N) is 5. The van der Waals surface area contributed by atoms with Crippen molar-refractivity contribution >= 4 is 34.5 Å². The van der Waals surface area contributed by atoms with E-state index in [9.17, 15) is 4.79 Å². The smallest absolute Gasteiger partial charge is 0.226 e. The molecule has 0 atom stereocenters. The number of fused-ring (bicyclic) bond motifs is 1. The summed E-state index contributed by atoms with van der Waals surface area (Å²) in [6.07, 6.45) is 4.20. The van der Waals surface area contributed by atoms with Crippen LogP contribution in [0.2, 0.25) is 5.28 Å². The van der Waals surface area contributed by atoms with Gasteiger partial charge >= 0.3 is 0 Å². The van der Waals surface area contributed by atoms with Gasteiger partial charge in [-0.1, -0.05) is 18.2 Å². The lowest BCUT2D eigenvalue weighted by Crippen LogP contribution is -2.27. The molecule has 8 heteroatoms. The number of halogens is 1. The van der Waals surface area contributed by atoms with Crippen molar-refractivity contribution in [2.45, 2.75) is 19.3 Å². The molecular weight excluding hydrogens is 352 g/mol. The van der Waals surface area contributed by atoms with Gasteiger partial charge in [-0.15, -0.1) is 0 Å². The van der Waals surface area contributed by atoms with Crippen LogP contribution in [0.4, 0.5) is 5.82 Å². The molecule has 0 unspecified atom stereocenters. The van der Waals surface area contributed by atoms with Crippen molar-refractivity contribution in [2.75, 3.05) is 25.0 Å². The number of carbonyl (C=O) groups is 1. The van der Waals surface area contributed by atoms with Gasteiger partial charge in [0, 0.05) is 31.7 Å². The first kappa shape index (κ1) is 16.8. The standard InChI is InChI=1S/C18H19ClN6O/c19-18-22-16(20-9-5-11-24-10-4-8-14(24)26)15-17(23-18)25(12-21-15)13-6-2-1-3-7-13/h1-3,6-7,12H,4-5,8-11H2,(H,20,22,23). The lowest BCUT2D eigenvalue weighted by atomic mass is 10.3. The summed E-state index contributed by atoms with van der Waals surface area (Å²) < 4.78 is 1.89. The number of anilines is 1. The van der Waals surface area contributed by atoms with Gasteiger partial charge in [0.1, 0.15) is 6.33 Å². The van der Waals surface area contributed by atoms with E-state index >= 15 is 0 Å². The molecule has 1 N–H and O–H groups in total. The fourth-order valence-corrected chi connectivity index (χ4v) is 3.36. The van der Waals surface area contributed by atoms with Crippen molar-refractivity contribution in [3.8, 4) is 5.69 Å². The zero-order valence-corrected chi connectivity index (χ0v) is 15.0. The summed E-state index contributed by atoms with van der Waals surface area (Å²) in [4.78, 5) is 26.6. The number of nitrogens with one attached hydrogen (secondary N) is 1. The maximum Gasteiger partial charge on any atom is 0.226 e. The van der Waals surface area contributed by atoms with Crippen LogP contribution < -0.4 is 5.32 Å². The maximum absolute atomic E-state index is 11.7. The Hall–Kier alpha value is -2.67. The Bertz CT molecular complexity index is 926. The number of hydrogen-bond acceptors (Lipinski definition) is 5. The van der Waals surface area contributed by atoms with E-state index in [1.807, 2.05) is 39.8 Å². The topological polar surface area (TPSA) is 75.9 Å². The third-order valence-electron chi connectivity index (χ3n) is 4.47. The second kappa shape index (κ2) is 7.29. The molecule has 7 nitrogen and oxygen atoms in total. The highest BCUT2D eigenvalue weighted by Gasteiger charge is 2.19. The molecule has 3 heterocycles. The number of imidazole rings is 1. The van der Waals surface area contributed by atoms with Gasteiger partial charge in [-0.3, -0.25) is 9.36 Å². The lowest BCUT2D eigenvalue weighted by Gasteiger charge is -2.15. The van der Waals surface area contributed by atoms with Gasteiger partial charge in [0.2, 0.25) is 11.2 Å². The Morgan fingerprint density at radius 2 is 2.04 bits per heavy atom. The molecule has 0 aliphatic carbocycles. The summed E-state index contributed by atoms with van der Waals surface area (Å²) in [5.41, 5.74) is 2.30. The van der Waals surface area contributed by atoms with E-state index in [1.54, 1.807) is 6.33 Å². The minimum atomic E-state index is 0.174. The Morgan fingerprint density at radius 3 is 2.81 bits per heavy atom. The van der Waals surface area contributed by atoms with E-state index in [-0.39, 0.29) is 11.2 Å².